The summed E-state index contributed by atoms with van der Waals surface area (Å²) in [5.74, 6) is 0.423. The lowest BCUT2D eigenvalue weighted by molar-refractivity contribution is -0.122. The van der Waals surface area contributed by atoms with Crippen LogP contribution in [0.5, 0.6) is 11.5 Å². The molecule has 1 fully saturated rings. The molecule has 0 saturated carbocycles. The summed E-state index contributed by atoms with van der Waals surface area (Å²) >= 11 is 0. The van der Waals surface area contributed by atoms with Crippen molar-refractivity contribution in [1.82, 2.24) is 5.32 Å². The largest absolute Gasteiger partial charge is 0.486 e. The molecule has 0 aromatic heterocycles. The maximum atomic E-state index is 12.7. The van der Waals surface area contributed by atoms with Crippen LogP contribution in [0.3, 0.4) is 0 Å². The van der Waals surface area contributed by atoms with E-state index in [1.165, 1.54) is 0 Å². The number of carbonyl (C=O) groups excluding carboxylic acids is 3. The molecule has 2 aromatic carbocycles. The number of anilines is 3. The van der Waals surface area contributed by atoms with E-state index in [-0.39, 0.29) is 30.8 Å². The number of carbonyl (C=O) groups is 3. The highest BCUT2D eigenvalue weighted by Gasteiger charge is 2.35. The molecular weight excluding hydrogens is 412 g/mol. The first kappa shape index (κ1) is 21.2. The van der Waals surface area contributed by atoms with Crippen molar-refractivity contribution < 1.29 is 23.9 Å². The highest BCUT2D eigenvalue weighted by molar-refractivity contribution is 6.03. The zero-order chi connectivity index (χ0) is 22.5. The minimum Gasteiger partial charge on any atom is -0.486 e. The molecular formula is C23H24N4O5. The van der Waals surface area contributed by atoms with E-state index >= 15 is 0 Å². The predicted octanol–water partition coefficient (Wildman–Crippen LogP) is 2.76. The lowest BCUT2D eigenvalue weighted by Crippen LogP contribution is -2.29. The molecule has 2 heterocycles. The number of nitrogens with one attached hydrogen (secondary N) is 3. The van der Waals surface area contributed by atoms with E-state index < -0.39 is 5.92 Å². The minimum absolute atomic E-state index is 0.119. The Bertz CT molecular complexity index is 1040. The number of rotatable bonds is 6. The van der Waals surface area contributed by atoms with Gasteiger partial charge in [0, 0.05) is 42.6 Å². The van der Waals surface area contributed by atoms with Crippen molar-refractivity contribution in [2.75, 3.05) is 41.8 Å². The fraction of sp³-hybridized carbons (Fsp3) is 0.261. The van der Waals surface area contributed by atoms with E-state index in [1.807, 2.05) is 0 Å². The molecule has 9 heteroatoms. The standard InChI is InChI=1S/C23H24N4O5/c1-2-9-24-23(30)26-17-5-3-16(4-6-17)25-22(29)15-12-21(28)27(14-15)18-7-8-19-20(13-18)32-11-10-31-19/h2-8,13,15H,1,9-12,14H2,(H,25,29)(H2,24,26,30). The Morgan fingerprint density at radius 3 is 2.44 bits per heavy atom. The Balaban J connectivity index is 1.35. The van der Waals surface area contributed by atoms with Crippen molar-refractivity contribution >= 4 is 34.9 Å². The summed E-state index contributed by atoms with van der Waals surface area (Å²) < 4.78 is 11.1. The second-order valence-corrected chi connectivity index (χ2v) is 7.42. The molecule has 9 nitrogen and oxygen atoms in total. The van der Waals surface area contributed by atoms with E-state index in [4.69, 9.17) is 9.47 Å². The molecule has 0 aliphatic carbocycles. The summed E-state index contributed by atoms with van der Waals surface area (Å²) in [6.07, 6.45) is 1.71. The van der Waals surface area contributed by atoms with Crippen LogP contribution in [0.2, 0.25) is 0 Å². The maximum absolute atomic E-state index is 12.7. The monoisotopic (exact) mass is 436 g/mol. The number of hydrogen-bond acceptors (Lipinski definition) is 5. The van der Waals surface area contributed by atoms with Gasteiger partial charge in [-0.25, -0.2) is 4.79 Å². The van der Waals surface area contributed by atoms with Crippen LogP contribution in [-0.2, 0) is 9.59 Å². The van der Waals surface area contributed by atoms with Crippen molar-refractivity contribution in [3.05, 3.63) is 55.1 Å². The molecule has 0 bridgehead atoms. The Kier molecular flexibility index (Phi) is 6.25. The molecule has 4 amide bonds. The molecule has 1 saturated heterocycles. The summed E-state index contributed by atoms with van der Waals surface area (Å²) in [5, 5.41) is 8.13. The second kappa shape index (κ2) is 9.42. The van der Waals surface area contributed by atoms with Crippen LogP contribution in [0, 0.1) is 5.92 Å². The molecule has 2 aromatic rings. The van der Waals surface area contributed by atoms with Crippen LogP contribution in [0.4, 0.5) is 21.9 Å². The van der Waals surface area contributed by atoms with Gasteiger partial charge >= 0.3 is 6.03 Å². The second-order valence-electron chi connectivity index (χ2n) is 7.42. The fourth-order valence-electron chi connectivity index (χ4n) is 3.55. The minimum atomic E-state index is -0.474. The van der Waals surface area contributed by atoms with Gasteiger partial charge in [-0.3, -0.25) is 9.59 Å². The lowest BCUT2D eigenvalue weighted by atomic mass is 10.1. The zero-order valence-corrected chi connectivity index (χ0v) is 17.4. The number of fused-ring (bicyclic) bond motifs is 1. The number of ether oxygens (including phenoxy) is 2. The van der Waals surface area contributed by atoms with E-state index in [2.05, 4.69) is 22.5 Å². The van der Waals surface area contributed by atoms with Gasteiger partial charge in [0.15, 0.2) is 11.5 Å². The summed E-state index contributed by atoms with van der Waals surface area (Å²) in [7, 11) is 0. The Hall–Kier alpha value is -4.01. The van der Waals surface area contributed by atoms with E-state index in [0.717, 1.165) is 0 Å². The van der Waals surface area contributed by atoms with Crippen molar-refractivity contribution in [2.24, 2.45) is 5.92 Å². The number of nitrogens with zero attached hydrogens (tertiary/aromatic N) is 1. The summed E-state index contributed by atoms with van der Waals surface area (Å²) in [6.45, 7) is 5.15. The van der Waals surface area contributed by atoms with Crippen molar-refractivity contribution in [3.8, 4) is 11.5 Å². The molecule has 32 heavy (non-hydrogen) atoms. The molecule has 0 spiro atoms. The van der Waals surface area contributed by atoms with Crippen molar-refractivity contribution in [3.63, 3.8) is 0 Å². The van der Waals surface area contributed by atoms with E-state index in [0.29, 0.717) is 48.3 Å². The first-order valence-electron chi connectivity index (χ1n) is 10.3. The third-order valence-electron chi connectivity index (χ3n) is 5.15. The number of benzene rings is 2. The van der Waals surface area contributed by atoms with Crippen LogP contribution in [0.25, 0.3) is 0 Å². The van der Waals surface area contributed by atoms with E-state index in [1.54, 1.807) is 53.4 Å². The molecule has 166 valence electrons. The number of amides is 4. The van der Waals surface area contributed by atoms with Crippen LogP contribution < -0.4 is 30.3 Å². The topological polar surface area (TPSA) is 109 Å². The van der Waals surface area contributed by atoms with Gasteiger partial charge in [-0.1, -0.05) is 6.08 Å². The quantitative estimate of drug-likeness (QED) is 0.604. The molecule has 1 unspecified atom stereocenters. The molecule has 0 radical (unpaired) electrons. The highest BCUT2D eigenvalue weighted by atomic mass is 16.6. The van der Waals surface area contributed by atoms with Gasteiger partial charge in [0.25, 0.3) is 0 Å². The van der Waals surface area contributed by atoms with Gasteiger partial charge < -0.3 is 30.3 Å². The fourth-order valence-corrected chi connectivity index (χ4v) is 3.55. The smallest absolute Gasteiger partial charge is 0.319 e. The Morgan fingerprint density at radius 1 is 1.03 bits per heavy atom. The van der Waals surface area contributed by atoms with Gasteiger partial charge in [-0.15, -0.1) is 6.58 Å². The Morgan fingerprint density at radius 2 is 1.72 bits per heavy atom. The van der Waals surface area contributed by atoms with Crippen molar-refractivity contribution in [2.45, 2.75) is 6.42 Å². The van der Waals surface area contributed by atoms with Crippen LogP contribution >= 0.6 is 0 Å². The van der Waals surface area contributed by atoms with Crippen LogP contribution in [0.15, 0.2) is 55.1 Å². The molecule has 3 N–H and O–H groups in total. The van der Waals surface area contributed by atoms with Crippen molar-refractivity contribution in [1.29, 1.82) is 0 Å². The maximum Gasteiger partial charge on any atom is 0.319 e. The van der Waals surface area contributed by atoms with Gasteiger partial charge in [0.2, 0.25) is 11.8 Å². The third-order valence-corrected chi connectivity index (χ3v) is 5.15. The van der Waals surface area contributed by atoms with Crippen LogP contribution in [0.1, 0.15) is 6.42 Å². The zero-order valence-electron chi connectivity index (χ0n) is 17.4. The molecule has 2 aliphatic heterocycles. The summed E-state index contributed by atoms with van der Waals surface area (Å²) in [4.78, 5) is 38.6. The van der Waals surface area contributed by atoms with Gasteiger partial charge in [-0.2, -0.15) is 0 Å². The lowest BCUT2D eigenvalue weighted by Gasteiger charge is -2.22. The van der Waals surface area contributed by atoms with Crippen LogP contribution in [-0.4, -0.2) is 44.1 Å². The molecule has 4 rings (SSSR count). The first-order valence-corrected chi connectivity index (χ1v) is 10.3. The van der Waals surface area contributed by atoms with Gasteiger partial charge in [0.05, 0.1) is 5.92 Å². The summed E-state index contributed by atoms with van der Waals surface area (Å²) in [6, 6.07) is 11.7. The third kappa shape index (κ3) is 4.83. The SMILES string of the molecule is C=CCNC(=O)Nc1ccc(NC(=O)C2CC(=O)N(c3ccc4c(c3)OCCO4)C2)cc1. The predicted molar refractivity (Wildman–Crippen MR) is 120 cm³/mol. The highest BCUT2D eigenvalue weighted by Crippen LogP contribution is 2.36. The van der Waals surface area contributed by atoms with E-state index in [9.17, 15) is 14.4 Å². The average molecular weight is 436 g/mol. The normalized spacial score (nSPS) is 16.9. The van der Waals surface area contributed by atoms with Gasteiger partial charge in [-0.05, 0) is 36.4 Å². The molecule has 2 aliphatic rings. The first-order chi connectivity index (χ1) is 15.5. The Labute approximate surface area is 185 Å². The average Bonchev–Trinajstić information content (AvgIpc) is 3.20. The number of hydrogen-bond donors (Lipinski definition) is 3. The van der Waals surface area contributed by atoms with Gasteiger partial charge in [0.1, 0.15) is 13.2 Å². The molecule has 1 atom stereocenters. The summed E-state index contributed by atoms with van der Waals surface area (Å²) in [5.41, 5.74) is 1.85. The number of urea groups is 1.